The van der Waals surface area contributed by atoms with Gasteiger partial charge in [-0.3, -0.25) is 4.57 Å². The first kappa shape index (κ1) is 31.9. The number of rotatable bonds is 6. The second kappa shape index (κ2) is 13.1. The number of nitrogens with zero attached hydrogens (tertiary/aromatic N) is 4. The predicted octanol–water partition coefficient (Wildman–Crippen LogP) is 13.3. The van der Waals surface area contributed by atoms with Crippen LogP contribution in [0.5, 0.6) is 0 Å². The average Bonchev–Trinajstić information content (AvgIpc) is 3.79. The molecule has 4 nitrogen and oxygen atoms in total. The molecule has 0 N–H and O–H groups in total. The second-order valence-electron chi connectivity index (χ2n) is 14.2. The Morgan fingerprint density at radius 3 is 1.50 bits per heavy atom. The zero-order chi connectivity index (χ0) is 37.0. The summed E-state index contributed by atoms with van der Waals surface area (Å²) in [6.45, 7) is 0. The van der Waals surface area contributed by atoms with Crippen molar-refractivity contribution in [3.8, 4) is 56.4 Å². The van der Waals surface area contributed by atoms with Crippen molar-refractivity contribution >= 4 is 43.6 Å². The Balaban J connectivity index is 1.08. The Kier molecular flexibility index (Phi) is 7.46. The van der Waals surface area contributed by atoms with Gasteiger partial charge in [-0.2, -0.15) is 0 Å². The third-order valence-electron chi connectivity index (χ3n) is 11.0. The lowest BCUT2D eigenvalue weighted by Crippen LogP contribution is -2.02. The van der Waals surface area contributed by atoms with E-state index >= 15 is 0 Å². The number of fused-ring (bicyclic) bond motifs is 6. The highest BCUT2D eigenvalue weighted by molar-refractivity contribution is 6.12. The van der Waals surface area contributed by atoms with E-state index in [0.29, 0.717) is 5.82 Å². The van der Waals surface area contributed by atoms with Crippen LogP contribution in [0.15, 0.2) is 206 Å². The van der Waals surface area contributed by atoms with E-state index in [-0.39, 0.29) is 0 Å². The molecular weight excluding hydrogens is 681 g/mol. The summed E-state index contributed by atoms with van der Waals surface area (Å²) in [7, 11) is 0. The third-order valence-corrected chi connectivity index (χ3v) is 11.0. The van der Waals surface area contributed by atoms with Crippen LogP contribution in [0, 0.1) is 0 Å². The van der Waals surface area contributed by atoms with Crippen LogP contribution < -0.4 is 0 Å². The van der Waals surface area contributed by atoms with E-state index in [2.05, 4.69) is 191 Å². The largest absolute Gasteiger partial charge is 0.309 e. The Labute approximate surface area is 324 Å². The molecule has 0 aliphatic carbocycles. The lowest BCUT2D eigenvalue weighted by atomic mass is 10.0. The van der Waals surface area contributed by atoms with Gasteiger partial charge >= 0.3 is 0 Å². The molecule has 3 aromatic heterocycles. The third kappa shape index (κ3) is 5.31. The fourth-order valence-electron chi connectivity index (χ4n) is 8.28. The van der Waals surface area contributed by atoms with Gasteiger partial charge in [-0.1, -0.05) is 158 Å². The minimum Gasteiger partial charge on any atom is -0.309 e. The molecule has 11 rings (SSSR count). The number of para-hydroxylation sites is 2. The van der Waals surface area contributed by atoms with Crippen molar-refractivity contribution in [1.29, 1.82) is 0 Å². The molecule has 0 bridgehead atoms. The van der Waals surface area contributed by atoms with Gasteiger partial charge in [0, 0.05) is 44.4 Å². The SMILES string of the molecule is c1ccc(-c2ccc(-n3c4ccccc4c4ccc(-c5ccc6c(c5)c5ccccc5n6-c5cc(-c6ccccc6)nc(-c6ccccc6)n5)cc43)cc2)cc1. The molecule has 56 heavy (non-hydrogen) atoms. The molecule has 0 saturated carbocycles. The van der Waals surface area contributed by atoms with Gasteiger partial charge in [-0.05, 0) is 64.7 Å². The number of hydrogen-bond acceptors (Lipinski definition) is 2. The average molecular weight is 715 g/mol. The Bertz CT molecular complexity index is 3160. The van der Waals surface area contributed by atoms with E-state index in [0.717, 1.165) is 44.9 Å². The molecule has 0 atom stereocenters. The van der Waals surface area contributed by atoms with E-state index in [4.69, 9.17) is 9.97 Å². The maximum Gasteiger partial charge on any atom is 0.162 e. The van der Waals surface area contributed by atoms with Gasteiger partial charge < -0.3 is 4.57 Å². The summed E-state index contributed by atoms with van der Waals surface area (Å²) in [4.78, 5) is 10.3. The van der Waals surface area contributed by atoms with Gasteiger partial charge in [0.2, 0.25) is 0 Å². The molecule has 4 heteroatoms. The molecule has 0 unspecified atom stereocenters. The van der Waals surface area contributed by atoms with Crippen LogP contribution in [0.1, 0.15) is 0 Å². The molecule has 11 aromatic rings. The highest BCUT2D eigenvalue weighted by atomic mass is 15.1. The highest BCUT2D eigenvalue weighted by Crippen LogP contribution is 2.39. The predicted molar refractivity (Wildman–Crippen MR) is 232 cm³/mol. The van der Waals surface area contributed by atoms with Crippen molar-refractivity contribution in [2.45, 2.75) is 0 Å². The molecule has 0 aliphatic rings. The van der Waals surface area contributed by atoms with Crippen molar-refractivity contribution in [3.05, 3.63) is 206 Å². The summed E-state index contributed by atoms with van der Waals surface area (Å²) < 4.78 is 4.69. The topological polar surface area (TPSA) is 35.6 Å². The monoisotopic (exact) mass is 714 g/mol. The van der Waals surface area contributed by atoms with E-state index in [1.165, 1.54) is 49.3 Å². The van der Waals surface area contributed by atoms with Crippen molar-refractivity contribution in [2.75, 3.05) is 0 Å². The summed E-state index contributed by atoms with van der Waals surface area (Å²) in [5, 5.41) is 4.84. The van der Waals surface area contributed by atoms with E-state index in [1.807, 2.05) is 24.3 Å². The summed E-state index contributed by atoms with van der Waals surface area (Å²) >= 11 is 0. The number of benzene rings is 8. The zero-order valence-electron chi connectivity index (χ0n) is 30.4. The van der Waals surface area contributed by atoms with Crippen LogP contribution >= 0.6 is 0 Å². The first-order valence-corrected chi connectivity index (χ1v) is 19.0. The Morgan fingerprint density at radius 1 is 0.286 bits per heavy atom. The van der Waals surface area contributed by atoms with Gasteiger partial charge in [0.15, 0.2) is 5.82 Å². The first-order valence-electron chi connectivity index (χ1n) is 19.0. The van der Waals surface area contributed by atoms with Crippen LogP contribution in [0.3, 0.4) is 0 Å². The molecular formula is C52H34N4. The fraction of sp³-hybridized carbons (Fsp3) is 0. The minimum atomic E-state index is 0.697. The summed E-state index contributed by atoms with van der Waals surface area (Å²) in [6, 6.07) is 73.3. The molecule has 0 saturated heterocycles. The summed E-state index contributed by atoms with van der Waals surface area (Å²) in [5.74, 6) is 1.53. The normalized spacial score (nSPS) is 11.6. The maximum absolute atomic E-state index is 5.22. The molecule has 0 spiro atoms. The van der Waals surface area contributed by atoms with Crippen LogP contribution in [-0.4, -0.2) is 19.1 Å². The van der Waals surface area contributed by atoms with Gasteiger partial charge in [-0.25, -0.2) is 9.97 Å². The van der Waals surface area contributed by atoms with Crippen LogP contribution in [-0.2, 0) is 0 Å². The van der Waals surface area contributed by atoms with Crippen LogP contribution in [0.25, 0.3) is 100 Å². The van der Waals surface area contributed by atoms with E-state index in [9.17, 15) is 0 Å². The van der Waals surface area contributed by atoms with Gasteiger partial charge in [0.1, 0.15) is 5.82 Å². The minimum absolute atomic E-state index is 0.697. The molecule has 3 heterocycles. The second-order valence-corrected chi connectivity index (χ2v) is 14.2. The zero-order valence-corrected chi connectivity index (χ0v) is 30.4. The first-order chi connectivity index (χ1) is 27.8. The van der Waals surface area contributed by atoms with Gasteiger partial charge in [0.05, 0.1) is 27.8 Å². The lowest BCUT2D eigenvalue weighted by molar-refractivity contribution is 1.05. The maximum atomic E-state index is 5.22. The number of hydrogen-bond donors (Lipinski definition) is 0. The van der Waals surface area contributed by atoms with Gasteiger partial charge in [-0.15, -0.1) is 0 Å². The summed E-state index contributed by atoms with van der Waals surface area (Å²) in [6.07, 6.45) is 0. The molecule has 262 valence electrons. The molecule has 0 radical (unpaired) electrons. The molecule has 0 amide bonds. The molecule has 0 fully saturated rings. The number of aromatic nitrogens is 4. The van der Waals surface area contributed by atoms with Gasteiger partial charge in [0.25, 0.3) is 0 Å². The summed E-state index contributed by atoms with van der Waals surface area (Å²) in [5.41, 5.74) is 13.4. The van der Waals surface area contributed by atoms with Crippen molar-refractivity contribution < 1.29 is 0 Å². The van der Waals surface area contributed by atoms with Crippen LogP contribution in [0.2, 0.25) is 0 Å². The highest BCUT2D eigenvalue weighted by Gasteiger charge is 2.18. The molecule has 0 aliphatic heterocycles. The fourth-order valence-corrected chi connectivity index (χ4v) is 8.28. The quantitative estimate of drug-likeness (QED) is 0.172. The smallest absolute Gasteiger partial charge is 0.162 e. The van der Waals surface area contributed by atoms with Crippen molar-refractivity contribution in [2.24, 2.45) is 0 Å². The van der Waals surface area contributed by atoms with Crippen molar-refractivity contribution in [1.82, 2.24) is 19.1 Å². The Morgan fingerprint density at radius 2 is 0.786 bits per heavy atom. The standard InChI is InChI=1S/C52H34N4/c1-4-14-35(15-5-1)36-24-28-41(29-25-36)55-47-22-12-10-20-42(47)44-30-26-40(33-50(44)55)39-27-31-49-45(32-39)43-21-11-13-23-48(43)56(49)51-34-46(37-16-6-2-7-17-37)53-52(54-51)38-18-8-3-9-19-38/h1-34H. The molecule has 8 aromatic carbocycles. The van der Waals surface area contributed by atoms with E-state index in [1.54, 1.807) is 0 Å². The van der Waals surface area contributed by atoms with Crippen LogP contribution in [0.4, 0.5) is 0 Å². The van der Waals surface area contributed by atoms with E-state index < -0.39 is 0 Å². The van der Waals surface area contributed by atoms with Crippen molar-refractivity contribution in [3.63, 3.8) is 0 Å². The lowest BCUT2D eigenvalue weighted by Gasteiger charge is -2.12. The Hall–Kier alpha value is -7.56.